The summed E-state index contributed by atoms with van der Waals surface area (Å²) in [7, 11) is 0.291. The van der Waals surface area contributed by atoms with Crippen LogP contribution in [0.5, 0.6) is 5.75 Å². The lowest BCUT2D eigenvalue weighted by Gasteiger charge is -2.23. The Morgan fingerprint density at radius 3 is 2.41 bits per heavy atom. The lowest BCUT2D eigenvalue weighted by molar-refractivity contribution is 0.0597. The highest BCUT2D eigenvalue weighted by Crippen LogP contribution is 2.25. The van der Waals surface area contributed by atoms with E-state index in [1.165, 1.54) is 39.5 Å². The third-order valence-corrected chi connectivity index (χ3v) is 5.18. The van der Waals surface area contributed by atoms with Crippen LogP contribution in [0.3, 0.4) is 0 Å². The van der Waals surface area contributed by atoms with Crippen molar-refractivity contribution >= 4 is 28.4 Å². The van der Waals surface area contributed by atoms with Crippen molar-refractivity contribution in [1.82, 2.24) is 4.31 Å². The van der Waals surface area contributed by atoms with Gasteiger partial charge in [0.25, 0.3) is 0 Å². The summed E-state index contributed by atoms with van der Waals surface area (Å²) in [5.74, 6) is -0.422. The number of sulfonamides is 1. The standard InChI is InChI=1S/C13H20N2O5S.ClH/c1-9(8-14)15(2)21(17,18)10-5-6-12(19-3)11(7-10)13(16)20-4;/h5-7,9H,8,14H2,1-4H3;1H. The van der Waals surface area contributed by atoms with Gasteiger partial charge < -0.3 is 15.2 Å². The average Bonchev–Trinajstić information content (AvgIpc) is 2.51. The molecule has 0 bridgehead atoms. The second-order valence-corrected chi connectivity index (χ2v) is 6.46. The van der Waals surface area contributed by atoms with Gasteiger partial charge in [-0.3, -0.25) is 0 Å². The van der Waals surface area contributed by atoms with Gasteiger partial charge in [-0.2, -0.15) is 4.31 Å². The first-order valence-corrected chi connectivity index (χ1v) is 7.68. The van der Waals surface area contributed by atoms with Gasteiger partial charge in [-0.25, -0.2) is 13.2 Å². The van der Waals surface area contributed by atoms with Crippen LogP contribution in [0, 0.1) is 0 Å². The Bertz CT molecular complexity index is 621. The zero-order valence-electron chi connectivity index (χ0n) is 12.9. The first kappa shape index (κ1) is 20.6. The summed E-state index contributed by atoms with van der Waals surface area (Å²) in [5.41, 5.74) is 5.54. The van der Waals surface area contributed by atoms with E-state index >= 15 is 0 Å². The summed E-state index contributed by atoms with van der Waals surface area (Å²) in [6.07, 6.45) is 0. The molecule has 0 radical (unpaired) electrons. The maximum Gasteiger partial charge on any atom is 0.341 e. The van der Waals surface area contributed by atoms with Crippen molar-refractivity contribution in [2.24, 2.45) is 5.73 Å². The summed E-state index contributed by atoms with van der Waals surface area (Å²) in [5, 5.41) is 0. The Labute approximate surface area is 136 Å². The molecule has 0 aliphatic rings. The summed E-state index contributed by atoms with van der Waals surface area (Å²) in [6.45, 7) is 1.89. The van der Waals surface area contributed by atoms with Gasteiger partial charge in [0.15, 0.2) is 0 Å². The number of methoxy groups -OCH3 is 2. The van der Waals surface area contributed by atoms with Crippen LogP contribution in [0.4, 0.5) is 0 Å². The van der Waals surface area contributed by atoms with Crippen LogP contribution in [0.25, 0.3) is 0 Å². The molecule has 1 unspecified atom stereocenters. The summed E-state index contributed by atoms with van der Waals surface area (Å²) in [6, 6.07) is 3.67. The molecule has 2 N–H and O–H groups in total. The zero-order chi connectivity index (χ0) is 16.2. The monoisotopic (exact) mass is 352 g/mol. The molecule has 0 amide bonds. The molecule has 0 aliphatic carbocycles. The number of carbonyl (C=O) groups is 1. The van der Waals surface area contributed by atoms with Crippen molar-refractivity contribution in [3.63, 3.8) is 0 Å². The zero-order valence-corrected chi connectivity index (χ0v) is 14.5. The van der Waals surface area contributed by atoms with E-state index in [-0.39, 0.29) is 41.2 Å². The highest BCUT2D eigenvalue weighted by Gasteiger charge is 2.26. The Morgan fingerprint density at radius 2 is 1.95 bits per heavy atom. The van der Waals surface area contributed by atoms with Crippen molar-refractivity contribution in [2.75, 3.05) is 27.8 Å². The van der Waals surface area contributed by atoms with Gasteiger partial charge in [-0.1, -0.05) is 0 Å². The molecular weight excluding hydrogens is 332 g/mol. The molecule has 0 aliphatic heterocycles. The SMILES string of the molecule is COC(=O)c1cc(S(=O)(=O)N(C)C(C)CN)ccc1OC.Cl. The molecule has 0 spiro atoms. The Morgan fingerprint density at radius 1 is 1.36 bits per heavy atom. The van der Waals surface area contributed by atoms with Crippen LogP contribution in [0.2, 0.25) is 0 Å². The first-order valence-electron chi connectivity index (χ1n) is 6.24. The predicted octanol–water partition coefficient (Wildman–Crippen LogP) is 0.871. The normalized spacial score (nSPS) is 12.5. The smallest absolute Gasteiger partial charge is 0.341 e. The molecule has 0 heterocycles. The second-order valence-electron chi connectivity index (χ2n) is 4.46. The Balaban J connectivity index is 0.00000441. The Kier molecular flexibility index (Phi) is 7.82. The quantitative estimate of drug-likeness (QED) is 0.763. The number of benzene rings is 1. The molecule has 1 aromatic rings. The van der Waals surface area contributed by atoms with Crippen LogP contribution < -0.4 is 10.5 Å². The highest BCUT2D eigenvalue weighted by atomic mass is 35.5. The molecule has 0 saturated carbocycles. The topological polar surface area (TPSA) is 98.9 Å². The number of carbonyl (C=O) groups excluding carboxylic acids is 1. The number of likely N-dealkylation sites (N-methyl/N-ethyl adjacent to an activating group) is 1. The number of rotatable bonds is 6. The molecule has 0 saturated heterocycles. The van der Waals surface area contributed by atoms with E-state index in [0.717, 1.165) is 4.31 Å². The molecule has 1 rings (SSSR count). The summed E-state index contributed by atoms with van der Waals surface area (Å²) in [4.78, 5) is 11.7. The van der Waals surface area contributed by atoms with Gasteiger partial charge in [0.1, 0.15) is 11.3 Å². The van der Waals surface area contributed by atoms with Gasteiger partial charge in [-0.05, 0) is 25.1 Å². The molecular formula is C13H21ClN2O5S. The van der Waals surface area contributed by atoms with Crippen molar-refractivity contribution in [1.29, 1.82) is 0 Å². The third-order valence-electron chi connectivity index (χ3n) is 3.22. The van der Waals surface area contributed by atoms with Crippen LogP contribution in [-0.4, -0.2) is 52.5 Å². The lowest BCUT2D eigenvalue weighted by atomic mass is 10.2. The maximum absolute atomic E-state index is 12.5. The third kappa shape index (κ3) is 4.10. The van der Waals surface area contributed by atoms with Gasteiger partial charge in [0.05, 0.1) is 19.1 Å². The van der Waals surface area contributed by atoms with Crippen LogP contribution in [0.1, 0.15) is 17.3 Å². The van der Waals surface area contributed by atoms with E-state index in [2.05, 4.69) is 4.74 Å². The number of esters is 1. The minimum atomic E-state index is -3.75. The fourth-order valence-corrected chi connectivity index (χ4v) is 3.07. The van der Waals surface area contributed by atoms with Crippen molar-refractivity contribution in [3.8, 4) is 5.75 Å². The van der Waals surface area contributed by atoms with E-state index in [0.29, 0.717) is 0 Å². The average molecular weight is 353 g/mol. The molecule has 22 heavy (non-hydrogen) atoms. The van der Waals surface area contributed by atoms with Crippen molar-refractivity contribution in [2.45, 2.75) is 17.9 Å². The van der Waals surface area contributed by atoms with Crippen molar-refractivity contribution in [3.05, 3.63) is 23.8 Å². The fraction of sp³-hybridized carbons (Fsp3) is 0.462. The minimum absolute atomic E-state index is 0. The minimum Gasteiger partial charge on any atom is -0.496 e. The largest absolute Gasteiger partial charge is 0.496 e. The van der Waals surface area contributed by atoms with Gasteiger partial charge in [0, 0.05) is 19.6 Å². The lowest BCUT2D eigenvalue weighted by Crippen LogP contribution is -2.39. The van der Waals surface area contributed by atoms with Gasteiger partial charge >= 0.3 is 5.97 Å². The van der Waals surface area contributed by atoms with Gasteiger partial charge in [0.2, 0.25) is 10.0 Å². The number of halogens is 1. The predicted molar refractivity (Wildman–Crippen MR) is 85.0 cm³/mol. The molecule has 1 atom stereocenters. The highest BCUT2D eigenvalue weighted by molar-refractivity contribution is 7.89. The van der Waals surface area contributed by atoms with Crippen LogP contribution in [-0.2, 0) is 14.8 Å². The molecule has 0 aromatic heterocycles. The maximum atomic E-state index is 12.5. The van der Waals surface area contributed by atoms with Crippen molar-refractivity contribution < 1.29 is 22.7 Å². The molecule has 9 heteroatoms. The molecule has 126 valence electrons. The number of nitrogens with zero attached hydrogens (tertiary/aromatic N) is 1. The number of ether oxygens (including phenoxy) is 2. The first-order chi connectivity index (χ1) is 9.79. The molecule has 1 aromatic carbocycles. The van der Waals surface area contributed by atoms with E-state index in [4.69, 9.17) is 10.5 Å². The van der Waals surface area contributed by atoms with E-state index in [1.54, 1.807) is 6.92 Å². The van der Waals surface area contributed by atoms with Crippen LogP contribution in [0.15, 0.2) is 23.1 Å². The van der Waals surface area contributed by atoms with E-state index < -0.39 is 16.0 Å². The number of nitrogens with two attached hydrogens (primary N) is 1. The number of hydrogen-bond acceptors (Lipinski definition) is 6. The van der Waals surface area contributed by atoms with Gasteiger partial charge in [-0.15, -0.1) is 12.4 Å². The van der Waals surface area contributed by atoms with E-state index in [1.807, 2.05) is 0 Å². The van der Waals surface area contributed by atoms with E-state index in [9.17, 15) is 13.2 Å². The fourth-order valence-electron chi connectivity index (χ4n) is 1.67. The molecule has 0 fully saturated rings. The van der Waals surface area contributed by atoms with Crippen LogP contribution >= 0.6 is 12.4 Å². The molecule has 7 nitrogen and oxygen atoms in total. The summed E-state index contributed by atoms with van der Waals surface area (Å²) >= 11 is 0. The summed E-state index contributed by atoms with van der Waals surface area (Å²) < 4.78 is 35.8. The number of hydrogen-bond donors (Lipinski definition) is 1. The second kappa shape index (κ2) is 8.33. The Hall–Kier alpha value is -1.35.